The fraction of sp³-hybridized carbons (Fsp3) is 0.167. The maximum Gasteiger partial charge on any atom is 0.264 e. The van der Waals surface area contributed by atoms with Crippen molar-refractivity contribution in [1.29, 1.82) is 0 Å². The minimum absolute atomic E-state index is 0.124. The minimum atomic E-state index is -2.11. The molecular weight excluding hydrogens is 379 g/mol. The normalized spacial score (nSPS) is 18.7. The van der Waals surface area contributed by atoms with E-state index in [0.717, 1.165) is 4.90 Å². The molecular formula is C18H14Cl2N2O4. The van der Waals surface area contributed by atoms with Gasteiger partial charge in [0, 0.05) is 16.1 Å². The summed E-state index contributed by atoms with van der Waals surface area (Å²) in [6.45, 7) is -0.395. The number of nitrogens with two attached hydrogens (primary N) is 1. The molecule has 0 radical (unpaired) electrons. The lowest BCUT2D eigenvalue weighted by molar-refractivity contribution is -0.136. The number of amides is 2. The Morgan fingerprint density at radius 2 is 1.85 bits per heavy atom. The van der Waals surface area contributed by atoms with E-state index in [2.05, 4.69) is 0 Å². The van der Waals surface area contributed by atoms with Gasteiger partial charge in [0.05, 0.1) is 17.1 Å². The SMILES string of the molecule is NC(=O)CN1C(=O)[C@](O)(CC(=O)c2ccc(Cl)cc2Cl)c2ccccc21. The second-order valence-electron chi connectivity index (χ2n) is 5.96. The van der Waals surface area contributed by atoms with Crippen LogP contribution in [-0.4, -0.2) is 29.2 Å². The van der Waals surface area contributed by atoms with Crippen molar-refractivity contribution < 1.29 is 19.5 Å². The zero-order valence-electron chi connectivity index (χ0n) is 13.4. The Kier molecular flexibility index (Phi) is 4.75. The summed E-state index contributed by atoms with van der Waals surface area (Å²) in [6, 6.07) is 10.7. The van der Waals surface area contributed by atoms with Gasteiger partial charge in [-0.2, -0.15) is 0 Å². The van der Waals surface area contributed by atoms with Gasteiger partial charge in [0.2, 0.25) is 5.91 Å². The molecule has 2 amide bonds. The molecule has 0 spiro atoms. The second kappa shape index (κ2) is 6.72. The summed E-state index contributed by atoms with van der Waals surface area (Å²) >= 11 is 11.9. The highest BCUT2D eigenvalue weighted by atomic mass is 35.5. The molecule has 1 aliphatic rings. The number of anilines is 1. The van der Waals surface area contributed by atoms with Crippen LogP contribution >= 0.6 is 23.2 Å². The van der Waals surface area contributed by atoms with Crippen LogP contribution in [0.25, 0.3) is 0 Å². The lowest BCUT2D eigenvalue weighted by Gasteiger charge is -2.22. The first-order valence-electron chi connectivity index (χ1n) is 7.64. The predicted octanol–water partition coefficient (Wildman–Crippen LogP) is 2.29. The second-order valence-corrected chi connectivity index (χ2v) is 6.80. The Morgan fingerprint density at radius 1 is 1.15 bits per heavy atom. The number of Topliss-reactive ketones (excluding diaryl/α,β-unsaturated/α-hetero) is 1. The van der Waals surface area contributed by atoms with Crippen molar-refractivity contribution in [1.82, 2.24) is 0 Å². The van der Waals surface area contributed by atoms with Crippen LogP contribution < -0.4 is 10.6 Å². The van der Waals surface area contributed by atoms with Gasteiger partial charge in [0.15, 0.2) is 11.4 Å². The highest BCUT2D eigenvalue weighted by molar-refractivity contribution is 6.37. The molecule has 134 valence electrons. The van der Waals surface area contributed by atoms with E-state index < -0.39 is 36.2 Å². The van der Waals surface area contributed by atoms with Gasteiger partial charge >= 0.3 is 0 Å². The fourth-order valence-electron chi connectivity index (χ4n) is 3.03. The first kappa shape index (κ1) is 18.4. The third kappa shape index (κ3) is 3.07. The van der Waals surface area contributed by atoms with Crippen LogP contribution in [0.2, 0.25) is 10.0 Å². The lowest BCUT2D eigenvalue weighted by atomic mass is 9.88. The maximum atomic E-state index is 12.8. The molecule has 2 aromatic rings. The van der Waals surface area contributed by atoms with Gasteiger partial charge < -0.3 is 10.8 Å². The maximum absolute atomic E-state index is 12.8. The summed E-state index contributed by atoms with van der Waals surface area (Å²) in [7, 11) is 0. The van der Waals surface area contributed by atoms with Crippen LogP contribution in [0.5, 0.6) is 0 Å². The zero-order chi connectivity index (χ0) is 19.1. The number of carbonyl (C=O) groups is 3. The molecule has 0 aromatic heterocycles. The number of carbonyl (C=O) groups excluding carboxylic acids is 3. The van der Waals surface area contributed by atoms with Crippen LogP contribution in [0.1, 0.15) is 22.3 Å². The van der Waals surface area contributed by atoms with Gasteiger partial charge in [-0.1, -0.05) is 41.4 Å². The smallest absolute Gasteiger partial charge is 0.264 e. The van der Waals surface area contributed by atoms with Crippen molar-refractivity contribution in [3.63, 3.8) is 0 Å². The number of halogens is 2. The number of aliphatic hydroxyl groups is 1. The van der Waals surface area contributed by atoms with Crippen LogP contribution in [0, 0.1) is 0 Å². The number of hydrogen-bond donors (Lipinski definition) is 2. The van der Waals surface area contributed by atoms with Crippen molar-refractivity contribution in [3.05, 3.63) is 63.6 Å². The third-order valence-corrected chi connectivity index (χ3v) is 4.75. The highest BCUT2D eigenvalue weighted by Gasteiger charge is 2.51. The van der Waals surface area contributed by atoms with E-state index in [1.165, 1.54) is 24.3 Å². The molecule has 6 nitrogen and oxygen atoms in total. The number of benzene rings is 2. The first-order valence-corrected chi connectivity index (χ1v) is 8.40. The molecule has 0 fully saturated rings. The monoisotopic (exact) mass is 392 g/mol. The van der Waals surface area contributed by atoms with Crippen LogP contribution in [-0.2, 0) is 15.2 Å². The Balaban J connectivity index is 1.99. The molecule has 0 unspecified atom stereocenters. The van der Waals surface area contributed by atoms with E-state index in [0.29, 0.717) is 10.7 Å². The van der Waals surface area contributed by atoms with Crippen molar-refractivity contribution in [3.8, 4) is 0 Å². The number of para-hydroxylation sites is 1. The molecule has 3 N–H and O–H groups in total. The summed E-state index contributed by atoms with van der Waals surface area (Å²) < 4.78 is 0. The summed E-state index contributed by atoms with van der Waals surface area (Å²) in [4.78, 5) is 37.8. The molecule has 1 heterocycles. The van der Waals surface area contributed by atoms with Crippen molar-refractivity contribution in [2.75, 3.05) is 11.4 Å². The molecule has 1 atom stereocenters. The summed E-state index contributed by atoms with van der Waals surface area (Å²) in [6.07, 6.45) is -0.528. The molecule has 0 aliphatic carbocycles. The van der Waals surface area contributed by atoms with E-state index in [9.17, 15) is 19.5 Å². The van der Waals surface area contributed by atoms with E-state index in [1.54, 1.807) is 18.2 Å². The van der Waals surface area contributed by atoms with E-state index in [1.807, 2.05) is 0 Å². The fourth-order valence-corrected chi connectivity index (χ4v) is 3.55. The van der Waals surface area contributed by atoms with Crippen molar-refractivity contribution in [2.45, 2.75) is 12.0 Å². The van der Waals surface area contributed by atoms with Crippen LogP contribution in [0.3, 0.4) is 0 Å². The molecule has 26 heavy (non-hydrogen) atoms. The van der Waals surface area contributed by atoms with Crippen LogP contribution in [0.15, 0.2) is 42.5 Å². The van der Waals surface area contributed by atoms with Gasteiger partial charge in [0.25, 0.3) is 5.91 Å². The summed E-state index contributed by atoms with van der Waals surface area (Å²) in [5, 5.41) is 11.5. The molecule has 0 bridgehead atoms. The molecule has 8 heteroatoms. The van der Waals surface area contributed by atoms with Gasteiger partial charge in [-0.3, -0.25) is 19.3 Å². The number of rotatable bonds is 5. The van der Waals surface area contributed by atoms with Gasteiger partial charge in [-0.05, 0) is 24.3 Å². The predicted molar refractivity (Wildman–Crippen MR) is 97.3 cm³/mol. The van der Waals surface area contributed by atoms with Gasteiger partial charge in [0.1, 0.15) is 6.54 Å². The number of nitrogens with zero attached hydrogens (tertiary/aromatic N) is 1. The molecule has 0 saturated heterocycles. The number of ketones is 1. The van der Waals surface area contributed by atoms with E-state index >= 15 is 0 Å². The van der Waals surface area contributed by atoms with Crippen molar-refractivity contribution >= 4 is 46.5 Å². The molecule has 3 rings (SSSR count). The number of primary amides is 1. The Labute approximate surface area is 159 Å². The molecule has 1 aliphatic heterocycles. The largest absolute Gasteiger partial charge is 0.375 e. The number of fused-ring (bicyclic) bond motifs is 1. The quantitative estimate of drug-likeness (QED) is 0.762. The Hall–Kier alpha value is -2.41. The summed E-state index contributed by atoms with van der Waals surface area (Å²) in [5.41, 5.74) is 3.81. The Morgan fingerprint density at radius 3 is 2.50 bits per heavy atom. The third-order valence-electron chi connectivity index (χ3n) is 4.20. The zero-order valence-corrected chi connectivity index (χ0v) is 14.9. The highest BCUT2D eigenvalue weighted by Crippen LogP contribution is 2.43. The molecule has 0 saturated carbocycles. The van der Waals surface area contributed by atoms with Gasteiger partial charge in [-0.25, -0.2) is 0 Å². The number of hydrogen-bond acceptors (Lipinski definition) is 4. The first-order chi connectivity index (χ1) is 12.2. The molecule has 2 aromatic carbocycles. The van der Waals surface area contributed by atoms with E-state index in [-0.39, 0.29) is 16.1 Å². The van der Waals surface area contributed by atoms with Gasteiger partial charge in [-0.15, -0.1) is 0 Å². The van der Waals surface area contributed by atoms with E-state index in [4.69, 9.17) is 28.9 Å². The summed E-state index contributed by atoms with van der Waals surface area (Å²) in [5.74, 6) is -2.04. The topological polar surface area (TPSA) is 101 Å². The van der Waals surface area contributed by atoms with Crippen LogP contribution in [0.4, 0.5) is 5.69 Å². The average Bonchev–Trinajstić information content (AvgIpc) is 2.77. The minimum Gasteiger partial charge on any atom is -0.375 e. The average molecular weight is 393 g/mol. The lowest BCUT2D eigenvalue weighted by Crippen LogP contribution is -2.44. The van der Waals surface area contributed by atoms with Crippen molar-refractivity contribution in [2.24, 2.45) is 5.73 Å². The standard InChI is InChI=1S/C18H14Cl2N2O4/c19-10-5-6-11(13(20)7-10)15(23)8-18(26)12-3-1-2-4-14(12)22(17(18)25)9-16(21)24/h1-7,26H,8-9H2,(H2,21,24)/t18-/m0/s1. The Bertz CT molecular complexity index is 931.